The molecule has 30 heavy (non-hydrogen) atoms. The first-order chi connectivity index (χ1) is 14.1. The van der Waals surface area contributed by atoms with Gasteiger partial charge in [-0.3, -0.25) is 0 Å². The smallest absolute Gasteiger partial charge is 0.406 e. The molecule has 7 heteroatoms. The van der Waals surface area contributed by atoms with Gasteiger partial charge in [0.05, 0.1) is 6.61 Å². The average Bonchev–Trinajstić information content (AvgIpc) is 2.66. The summed E-state index contributed by atoms with van der Waals surface area (Å²) in [5.41, 5.74) is 0.203. The highest BCUT2D eigenvalue weighted by molar-refractivity contribution is 5.53. The Kier molecular flexibility index (Phi) is 6.26. The number of halogens is 3. The van der Waals surface area contributed by atoms with E-state index in [1.807, 2.05) is 50.4 Å². The minimum Gasteiger partial charge on any atom is -0.406 e. The van der Waals surface area contributed by atoms with Gasteiger partial charge in [-0.1, -0.05) is 49.4 Å². The van der Waals surface area contributed by atoms with Gasteiger partial charge in [-0.2, -0.15) is 0 Å². The molecule has 1 aliphatic rings. The molecule has 0 unspecified atom stereocenters. The molecule has 0 saturated carbocycles. The number of alkyl halides is 3. The molecule has 0 radical (unpaired) electrons. The Morgan fingerprint density at radius 1 is 1.10 bits per heavy atom. The van der Waals surface area contributed by atoms with Crippen molar-refractivity contribution in [3.05, 3.63) is 71.3 Å². The van der Waals surface area contributed by atoms with Gasteiger partial charge in [-0.15, -0.1) is 13.2 Å². The van der Waals surface area contributed by atoms with E-state index < -0.39 is 17.4 Å². The minimum atomic E-state index is -4.76. The van der Waals surface area contributed by atoms with Gasteiger partial charge in [0.15, 0.2) is 0 Å². The molecule has 1 heterocycles. The Balaban J connectivity index is 2.02. The molecule has 2 aromatic rings. The maximum atomic E-state index is 12.5. The third kappa shape index (κ3) is 4.53. The van der Waals surface area contributed by atoms with Crippen molar-refractivity contribution in [1.82, 2.24) is 4.90 Å². The fourth-order valence-electron chi connectivity index (χ4n) is 4.28. The van der Waals surface area contributed by atoms with Crippen LogP contribution >= 0.6 is 0 Å². The van der Waals surface area contributed by atoms with Crippen LogP contribution < -0.4 is 4.74 Å². The molecule has 162 valence electrons. The fraction of sp³-hybridized carbons (Fsp3) is 0.391. The fourth-order valence-corrected chi connectivity index (χ4v) is 4.28. The van der Waals surface area contributed by atoms with E-state index in [9.17, 15) is 18.3 Å². The predicted molar refractivity (Wildman–Crippen MR) is 109 cm³/mol. The normalized spacial score (nSPS) is 18.8. The van der Waals surface area contributed by atoms with Gasteiger partial charge in [0.2, 0.25) is 0 Å². The summed E-state index contributed by atoms with van der Waals surface area (Å²) in [4.78, 5) is 2.09. The van der Waals surface area contributed by atoms with Crippen molar-refractivity contribution in [2.45, 2.75) is 18.9 Å². The molecule has 4 nitrogen and oxygen atoms in total. The summed E-state index contributed by atoms with van der Waals surface area (Å²) in [5, 5.41) is 12.0. The lowest BCUT2D eigenvalue weighted by Gasteiger charge is -2.56. The van der Waals surface area contributed by atoms with Crippen LogP contribution in [0.25, 0.3) is 6.08 Å². The Morgan fingerprint density at radius 2 is 1.77 bits per heavy atom. The molecule has 1 N–H and O–H groups in total. The van der Waals surface area contributed by atoms with Crippen molar-refractivity contribution in [3.63, 3.8) is 0 Å². The zero-order valence-corrected chi connectivity index (χ0v) is 17.2. The third-order valence-corrected chi connectivity index (χ3v) is 5.49. The van der Waals surface area contributed by atoms with Gasteiger partial charge in [0.25, 0.3) is 0 Å². The van der Waals surface area contributed by atoms with E-state index in [-0.39, 0.29) is 5.75 Å². The standard InChI is InChI=1S/C23H26F3NO3/c1-21(15-27(2)16-21)22(28,18-9-11-20(12-10-18)30-23(24,25)26)19-8-4-6-17(14-19)7-5-13-29-3/h4-12,14,28H,13,15-16H2,1-3H3/b7-5+/t22-/m0/s1. The van der Waals surface area contributed by atoms with Crippen LogP contribution in [0.5, 0.6) is 5.75 Å². The molecule has 0 spiro atoms. The second-order valence-corrected chi connectivity index (χ2v) is 8.00. The lowest BCUT2D eigenvalue weighted by molar-refractivity contribution is -0.274. The van der Waals surface area contributed by atoms with E-state index in [1.165, 1.54) is 24.3 Å². The van der Waals surface area contributed by atoms with Crippen LogP contribution in [0.1, 0.15) is 23.6 Å². The van der Waals surface area contributed by atoms with Crippen LogP contribution in [0.4, 0.5) is 13.2 Å². The number of hydrogen-bond donors (Lipinski definition) is 1. The number of benzene rings is 2. The van der Waals surface area contributed by atoms with E-state index in [2.05, 4.69) is 9.64 Å². The van der Waals surface area contributed by atoms with Crippen molar-refractivity contribution < 1.29 is 27.8 Å². The summed E-state index contributed by atoms with van der Waals surface area (Å²) in [7, 11) is 3.58. The van der Waals surface area contributed by atoms with E-state index in [1.54, 1.807) is 7.11 Å². The maximum absolute atomic E-state index is 12.5. The van der Waals surface area contributed by atoms with E-state index >= 15 is 0 Å². The summed E-state index contributed by atoms with van der Waals surface area (Å²) in [6, 6.07) is 13.0. The zero-order chi connectivity index (χ0) is 22.0. The number of nitrogens with zero attached hydrogens (tertiary/aromatic N) is 1. The highest BCUT2D eigenvalue weighted by Gasteiger charge is 2.55. The quantitative estimate of drug-likeness (QED) is 0.718. The molecule has 2 aromatic carbocycles. The lowest BCUT2D eigenvalue weighted by atomic mass is 9.62. The number of methoxy groups -OCH3 is 1. The summed E-state index contributed by atoms with van der Waals surface area (Å²) >= 11 is 0. The summed E-state index contributed by atoms with van der Waals surface area (Å²) in [6.07, 6.45) is -0.980. The lowest BCUT2D eigenvalue weighted by Crippen LogP contribution is -2.63. The van der Waals surface area contributed by atoms with Crippen molar-refractivity contribution in [1.29, 1.82) is 0 Å². The zero-order valence-electron chi connectivity index (χ0n) is 17.2. The van der Waals surface area contributed by atoms with Crippen molar-refractivity contribution >= 4 is 6.08 Å². The Labute approximate surface area is 174 Å². The number of hydrogen-bond acceptors (Lipinski definition) is 4. The molecule has 0 aliphatic carbocycles. The van der Waals surface area contributed by atoms with Gasteiger partial charge >= 0.3 is 6.36 Å². The molecule has 3 rings (SSSR count). The van der Waals surface area contributed by atoms with Gasteiger partial charge in [-0.25, -0.2) is 0 Å². The van der Waals surface area contributed by atoms with Crippen molar-refractivity contribution in [2.75, 3.05) is 33.9 Å². The van der Waals surface area contributed by atoms with Gasteiger partial charge in [-0.05, 0) is 41.9 Å². The van der Waals surface area contributed by atoms with Crippen molar-refractivity contribution in [2.24, 2.45) is 5.41 Å². The summed E-state index contributed by atoms with van der Waals surface area (Å²) < 4.78 is 46.6. The monoisotopic (exact) mass is 421 g/mol. The first-order valence-electron chi connectivity index (χ1n) is 9.61. The van der Waals surface area contributed by atoms with Crippen LogP contribution in [0.3, 0.4) is 0 Å². The Morgan fingerprint density at radius 3 is 2.33 bits per heavy atom. The first-order valence-corrected chi connectivity index (χ1v) is 9.61. The minimum absolute atomic E-state index is 0.319. The van der Waals surface area contributed by atoms with Crippen LogP contribution in [-0.2, 0) is 10.3 Å². The molecule has 1 saturated heterocycles. The molecule has 0 aromatic heterocycles. The highest BCUT2D eigenvalue weighted by Crippen LogP contribution is 2.50. The van der Waals surface area contributed by atoms with Gasteiger partial charge in [0, 0.05) is 25.6 Å². The molecule has 1 aliphatic heterocycles. The van der Waals surface area contributed by atoms with E-state index in [4.69, 9.17) is 4.74 Å². The molecule has 1 atom stereocenters. The number of ether oxygens (including phenoxy) is 2. The van der Waals surface area contributed by atoms with E-state index in [0.29, 0.717) is 30.8 Å². The Bertz CT molecular complexity index is 889. The van der Waals surface area contributed by atoms with Crippen LogP contribution in [0.15, 0.2) is 54.6 Å². The maximum Gasteiger partial charge on any atom is 0.573 e. The summed E-state index contributed by atoms with van der Waals surface area (Å²) in [6.45, 7) is 3.75. The molecular weight excluding hydrogens is 395 g/mol. The number of rotatable bonds is 7. The van der Waals surface area contributed by atoms with Gasteiger partial charge in [0.1, 0.15) is 11.4 Å². The molecular formula is C23H26F3NO3. The average molecular weight is 421 g/mol. The SMILES string of the molecule is COC/C=C/c1cccc([C@@](O)(c2ccc(OC(F)(F)F)cc2)C2(C)CN(C)C2)c1. The van der Waals surface area contributed by atoms with Crippen LogP contribution in [0, 0.1) is 5.41 Å². The second-order valence-electron chi connectivity index (χ2n) is 8.00. The van der Waals surface area contributed by atoms with Crippen LogP contribution in [-0.4, -0.2) is 50.2 Å². The largest absolute Gasteiger partial charge is 0.573 e. The number of likely N-dealkylation sites (tertiary alicyclic amines) is 1. The van der Waals surface area contributed by atoms with Crippen molar-refractivity contribution in [3.8, 4) is 5.75 Å². The summed E-state index contributed by atoms with van der Waals surface area (Å²) in [5.74, 6) is -0.319. The second kappa shape index (κ2) is 8.41. The first kappa shape index (κ1) is 22.3. The molecule has 0 amide bonds. The Hall–Kier alpha value is -2.35. The highest BCUT2D eigenvalue weighted by atomic mass is 19.4. The van der Waals surface area contributed by atoms with Crippen LogP contribution in [0.2, 0.25) is 0 Å². The third-order valence-electron chi connectivity index (χ3n) is 5.49. The molecule has 1 fully saturated rings. The topological polar surface area (TPSA) is 41.9 Å². The number of aliphatic hydroxyl groups is 1. The van der Waals surface area contributed by atoms with Gasteiger partial charge < -0.3 is 19.5 Å². The molecule has 0 bridgehead atoms. The predicted octanol–water partition coefficient (Wildman–Crippen LogP) is 4.43. The van der Waals surface area contributed by atoms with E-state index in [0.717, 1.165) is 5.56 Å².